The third-order valence-corrected chi connectivity index (χ3v) is 4.88. The second-order valence-electron chi connectivity index (χ2n) is 8.56. The van der Waals surface area contributed by atoms with Crippen LogP contribution in [0.5, 0.6) is 0 Å². The zero-order chi connectivity index (χ0) is 22.2. The Morgan fingerprint density at radius 1 is 1.16 bits per heavy atom. The number of anilines is 2. The van der Waals surface area contributed by atoms with Crippen molar-refractivity contribution in [2.24, 2.45) is 0 Å². The number of carbonyl (C=O) groups excluding carboxylic acids is 1. The molecule has 1 unspecified atom stereocenters. The molecule has 0 bridgehead atoms. The molecule has 4 rings (SSSR count). The third-order valence-electron chi connectivity index (χ3n) is 4.88. The lowest BCUT2D eigenvalue weighted by atomic mass is 10.1. The maximum Gasteiger partial charge on any atom is 0.410 e. The first-order valence-corrected chi connectivity index (χ1v) is 10.1. The molecule has 0 saturated carbocycles. The summed E-state index contributed by atoms with van der Waals surface area (Å²) in [4.78, 5) is 27.3. The van der Waals surface area contributed by atoms with E-state index < -0.39 is 5.60 Å². The summed E-state index contributed by atoms with van der Waals surface area (Å²) in [6.45, 7) is 6.60. The van der Waals surface area contributed by atoms with Crippen LogP contribution in [0.2, 0.25) is 0 Å². The largest absolute Gasteiger partial charge is 0.444 e. The van der Waals surface area contributed by atoms with Crippen molar-refractivity contribution >= 4 is 28.9 Å². The van der Waals surface area contributed by atoms with Gasteiger partial charge in [0, 0.05) is 24.7 Å². The normalized spacial score (nSPS) is 16.5. The highest BCUT2D eigenvalue weighted by molar-refractivity contribution is 5.88. The Labute approximate surface area is 179 Å². The minimum atomic E-state index is -0.541. The summed E-state index contributed by atoms with van der Waals surface area (Å²) >= 11 is 0. The molecular formula is C22H25FN6O2. The standard InChI is InChI=1S/C22H25FN6O2/c1-22(2,3)31-21(30)29-11-10-15(12-29)25-19-18-17(27-20(24)28-19)9-8-16(26-18)13-4-6-14(23)7-5-13/h4-9,15H,10-12H2,1-3H3,(H3,24,25,27,28). The minimum Gasteiger partial charge on any atom is -0.444 e. The Kier molecular flexibility index (Phi) is 5.34. The smallest absolute Gasteiger partial charge is 0.410 e. The number of hydrogen-bond acceptors (Lipinski definition) is 7. The van der Waals surface area contributed by atoms with Crippen LogP contribution in [0.4, 0.5) is 21.0 Å². The molecule has 1 saturated heterocycles. The Morgan fingerprint density at radius 2 is 1.90 bits per heavy atom. The Balaban J connectivity index is 1.58. The number of amides is 1. The van der Waals surface area contributed by atoms with E-state index in [1.54, 1.807) is 17.0 Å². The highest BCUT2D eigenvalue weighted by Gasteiger charge is 2.30. The molecule has 1 atom stereocenters. The molecule has 1 aliphatic heterocycles. The predicted octanol–water partition coefficient (Wildman–Crippen LogP) is 3.83. The van der Waals surface area contributed by atoms with Gasteiger partial charge in [-0.25, -0.2) is 19.2 Å². The van der Waals surface area contributed by atoms with Crippen molar-refractivity contribution in [2.45, 2.75) is 38.8 Å². The van der Waals surface area contributed by atoms with Gasteiger partial charge in [-0.1, -0.05) is 0 Å². The first kappa shape index (κ1) is 20.8. The molecule has 3 aromatic rings. The maximum absolute atomic E-state index is 13.3. The molecule has 31 heavy (non-hydrogen) atoms. The number of rotatable bonds is 3. The van der Waals surface area contributed by atoms with E-state index >= 15 is 0 Å². The third kappa shape index (κ3) is 4.82. The zero-order valence-electron chi connectivity index (χ0n) is 17.7. The molecule has 162 valence electrons. The molecule has 1 aromatic carbocycles. The number of aromatic nitrogens is 3. The van der Waals surface area contributed by atoms with Crippen LogP contribution in [0.25, 0.3) is 22.3 Å². The number of halogens is 1. The van der Waals surface area contributed by atoms with Gasteiger partial charge in [0.05, 0.1) is 11.2 Å². The van der Waals surface area contributed by atoms with Gasteiger partial charge in [-0.2, -0.15) is 4.98 Å². The van der Waals surface area contributed by atoms with Gasteiger partial charge in [-0.3, -0.25) is 0 Å². The summed E-state index contributed by atoms with van der Waals surface area (Å²) < 4.78 is 18.7. The van der Waals surface area contributed by atoms with Crippen LogP contribution in [0.1, 0.15) is 27.2 Å². The number of ether oxygens (including phenoxy) is 1. The van der Waals surface area contributed by atoms with Crippen molar-refractivity contribution in [1.29, 1.82) is 0 Å². The predicted molar refractivity (Wildman–Crippen MR) is 117 cm³/mol. The molecule has 1 aliphatic rings. The molecule has 0 aliphatic carbocycles. The average Bonchev–Trinajstić information content (AvgIpc) is 3.16. The summed E-state index contributed by atoms with van der Waals surface area (Å²) in [7, 11) is 0. The Hall–Kier alpha value is -3.49. The van der Waals surface area contributed by atoms with Crippen molar-refractivity contribution in [3.8, 4) is 11.3 Å². The number of nitrogens with one attached hydrogen (secondary N) is 1. The van der Waals surface area contributed by atoms with Crippen LogP contribution < -0.4 is 11.1 Å². The van der Waals surface area contributed by atoms with E-state index in [0.29, 0.717) is 35.6 Å². The second kappa shape index (κ2) is 7.98. The molecule has 3 N–H and O–H groups in total. The van der Waals surface area contributed by atoms with Crippen LogP contribution in [-0.2, 0) is 4.74 Å². The molecule has 1 fully saturated rings. The van der Waals surface area contributed by atoms with Crippen LogP contribution in [0.15, 0.2) is 36.4 Å². The average molecular weight is 424 g/mol. The Morgan fingerprint density at radius 3 is 2.61 bits per heavy atom. The van der Waals surface area contributed by atoms with Gasteiger partial charge in [0.2, 0.25) is 5.95 Å². The van der Waals surface area contributed by atoms with E-state index in [1.807, 2.05) is 32.9 Å². The summed E-state index contributed by atoms with van der Waals surface area (Å²) in [5.74, 6) is 0.328. The number of nitrogen functional groups attached to an aromatic ring is 1. The molecule has 8 nitrogen and oxygen atoms in total. The fourth-order valence-corrected chi connectivity index (χ4v) is 3.48. The number of carbonyl (C=O) groups is 1. The van der Waals surface area contributed by atoms with E-state index in [-0.39, 0.29) is 23.9 Å². The molecule has 3 heterocycles. The van der Waals surface area contributed by atoms with Crippen LogP contribution in [0.3, 0.4) is 0 Å². The minimum absolute atomic E-state index is 0.0266. The van der Waals surface area contributed by atoms with Crippen molar-refractivity contribution in [2.75, 3.05) is 24.1 Å². The fourth-order valence-electron chi connectivity index (χ4n) is 3.48. The number of nitrogens with zero attached hydrogens (tertiary/aromatic N) is 4. The van der Waals surface area contributed by atoms with Crippen LogP contribution >= 0.6 is 0 Å². The van der Waals surface area contributed by atoms with Crippen LogP contribution in [0, 0.1) is 5.82 Å². The van der Waals surface area contributed by atoms with Gasteiger partial charge < -0.3 is 20.7 Å². The van der Waals surface area contributed by atoms with Crippen molar-refractivity contribution in [3.05, 3.63) is 42.2 Å². The monoisotopic (exact) mass is 424 g/mol. The lowest BCUT2D eigenvalue weighted by Gasteiger charge is -2.24. The van der Waals surface area contributed by atoms with Gasteiger partial charge in [0.1, 0.15) is 16.9 Å². The van der Waals surface area contributed by atoms with E-state index in [1.165, 1.54) is 12.1 Å². The van der Waals surface area contributed by atoms with Crippen LogP contribution in [-0.4, -0.2) is 50.7 Å². The van der Waals surface area contributed by atoms with E-state index in [2.05, 4.69) is 15.3 Å². The quantitative estimate of drug-likeness (QED) is 0.658. The van der Waals surface area contributed by atoms with Gasteiger partial charge in [0.25, 0.3) is 0 Å². The van der Waals surface area contributed by atoms with Gasteiger partial charge in [-0.15, -0.1) is 0 Å². The number of nitrogens with two attached hydrogens (primary N) is 1. The maximum atomic E-state index is 13.3. The topological polar surface area (TPSA) is 106 Å². The Bertz CT molecular complexity index is 1110. The molecule has 2 aromatic heterocycles. The number of pyridine rings is 1. The van der Waals surface area contributed by atoms with Crippen molar-refractivity contribution in [3.63, 3.8) is 0 Å². The number of fused-ring (bicyclic) bond motifs is 1. The van der Waals surface area contributed by atoms with Crippen molar-refractivity contribution < 1.29 is 13.9 Å². The number of likely N-dealkylation sites (tertiary alicyclic amines) is 1. The molecular weight excluding hydrogens is 399 g/mol. The molecule has 0 radical (unpaired) electrons. The van der Waals surface area contributed by atoms with E-state index in [0.717, 1.165) is 12.0 Å². The van der Waals surface area contributed by atoms with E-state index in [9.17, 15) is 9.18 Å². The second-order valence-corrected chi connectivity index (χ2v) is 8.56. The molecule has 1 amide bonds. The van der Waals surface area contributed by atoms with Gasteiger partial charge in [0.15, 0.2) is 5.82 Å². The zero-order valence-corrected chi connectivity index (χ0v) is 17.7. The fraction of sp³-hybridized carbons (Fsp3) is 0.364. The van der Waals surface area contributed by atoms with E-state index in [4.69, 9.17) is 15.5 Å². The number of benzene rings is 1. The first-order valence-electron chi connectivity index (χ1n) is 10.1. The number of hydrogen-bond donors (Lipinski definition) is 2. The summed E-state index contributed by atoms with van der Waals surface area (Å²) in [6.07, 6.45) is 0.406. The van der Waals surface area contributed by atoms with Crippen molar-refractivity contribution in [1.82, 2.24) is 19.9 Å². The lowest BCUT2D eigenvalue weighted by Crippen LogP contribution is -2.36. The SMILES string of the molecule is CC(C)(C)OC(=O)N1CCC(Nc2nc(N)nc3ccc(-c4ccc(F)cc4)nc23)C1. The lowest BCUT2D eigenvalue weighted by molar-refractivity contribution is 0.0293. The summed E-state index contributed by atoms with van der Waals surface area (Å²) in [6, 6.07) is 9.72. The molecule has 0 spiro atoms. The van der Waals surface area contributed by atoms with Gasteiger partial charge in [-0.05, 0) is 63.6 Å². The summed E-state index contributed by atoms with van der Waals surface area (Å²) in [5, 5.41) is 3.36. The highest BCUT2D eigenvalue weighted by atomic mass is 19.1. The first-order chi connectivity index (χ1) is 14.7. The highest BCUT2D eigenvalue weighted by Crippen LogP contribution is 2.26. The summed E-state index contributed by atoms with van der Waals surface area (Å²) in [5.41, 5.74) is 7.97. The molecule has 9 heteroatoms. The van der Waals surface area contributed by atoms with Gasteiger partial charge >= 0.3 is 6.09 Å².